The van der Waals surface area contributed by atoms with Crippen molar-refractivity contribution in [2.45, 2.75) is 19.9 Å². The van der Waals surface area contributed by atoms with E-state index in [1.807, 2.05) is 13.8 Å². The molecule has 0 aliphatic rings. The van der Waals surface area contributed by atoms with Gasteiger partial charge in [0.05, 0.1) is 14.2 Å². The van der Waals surface area contributed by atoms with Gasteiger partial charge in [0.25, 0.3) is 11.8 Å². The second-order valence-electron chi connectivity index (χ2n) is 5.76. The van der Waals surface area contributed by atoms with Gasteiger partial charge in [0.1, 0.15) is 11.5 Å². The molecule has 2 aromatic rings. The number of anilines is 1. The Morgan fingerprint density at radius 1 is 0.840 bits per heavy atom. The lowest BCUT2D eigenvalue weighted by atomic mass is 10.1. The normalized spacial score (nSPS) is 10.3. The predicted octanol–water partition coefficient (Wildman–Crippen LogP) is 3.09. The second kappa shape index (κ2) is 8.19. The van der Waals surface area contributed by atoms with Gasteiger partial charge in [0, 0.05) is 28.9 Å². The molecule has 2 amide bonds. The molecule has 0 saturated carbocycles. The number of methoxy groups -OCH3 is 2. The topological polar surface area (TPSA) is 76.7 Å². The summed E-state index contributed by atoms with van der Waals surface area (Å²) in [5.41, 5.74) is 1.54. The molecule has 0 aliphatic carbocycles. The average molecular weight is 342 g/mol. The van der Waals surface area contributed by atoms with E-state index in [0.29, 0.717) is 28.3 Å². The molecular formula is C19H22N2O4. The Bertz CT molecular complexity index is 732. The summed E-state index contributed by atoms with van der Waals surface area (Å²) in [7, 11) is 3.05. The minimum atomic E-state index is -0.295. The molecule has 0 atom stereocenters. The van der Waals surface area contributed by atoms with Gasteiger partial charge in [0.15, 0.2) is 0 Å². The first-order valence-electron chi connectivity index (χ1n) is 7.88. The molecule has 0 radical (unpaired) electrons. The first-order chi connectivity index (χ1) is 11.9. The van der Waals surface area contributed by atoms with E-state index in [1.165, 1.54) is 14.2 Å². The molecule has 132 valence electrons. The summed E-state index contributed by atoms with van der Waals surface area (Å²) in [4.78, 5) is 24.3. The monoisotopic (exact) mass is 342 g/mol. The van der Waals surface area contributed by atoms with Crippen LogP contribution in [0.4, 0.5) is 5.69 Å². The van der Waals surface area contributed by atoms with Crippen LogP contribution in [0.3, 0.4) is 0 Å². The van der Waals surface area contributed by atoms with Crippen molar-refractivity contribution in [2.24, 2.45) is 0 Å². The maximum atomic E-state index is 12.4. The van der Waals surface area contributed by atoms with E-state index < -0.39 is 0 Å². The zero-order chi connectivity index (χ0) is 18.4. The van der Waals surface area contributed by atoms with Crippen LogP contribution < -0.4 is 20.1 Å². The fourth-order valence-electron chi connectivity index (χ4n) is 2.19. The lowest BCUT2D eigenvalue weighted by Crippen LogP contribution is -2.30. The van der Waals surface area contributed by atoms with Crippen LogP contribution in [0, 0.1) is 0 Å². The molecule has 25 heavy (non-hydrogen) atoms. The van der Waals surface area contributed by atoms with Crippen LogP contribution >= 0.6 is 0 Å². The minimum absolute atomic E-state index is 0.0647. The van der Waals surface area contributed by atoms with Crippen molar-refractivity contribution < 1.29 is 19.1 Å². The van der Waals surface area contributed by atoms with Gasteiger partial charge in [-0.2, -0.15) is 0 Å². The summed E-state index contributed by atoms with van der Waals surface area (Å²) in [6.07, 6.45) is 0. The van der Waals surface area contributed by atoms with Gasteiger partial charge >= 0.3 is 0 Å². The van der Waals surface area contributed by atoms with E-state index in [9.17, 15) is 9.59 Å². The highest BCUT2D eigenvalue weighted by Gasteiger charge is 2.11. The van der Waals surface area contributed by atoms with E-state index in [4.69, 9.17) is 9.47 Å². The van der Waals surface area contributed by atoms with Gasteiger partial charge in [-0.1, -0.05) is 0 Å². The molecule has 2 aromatic carbocycles. The van der Waals surface area contributed by atoms with E-state index in [0.717, 1.165) is 0 Å². The summed E-state index contributed by atoms with van der Waals surface area (Å²) in [6, 6.07) is 11.7. The van der Waals surface area contributed by atoms with Crippen LogP contribution in [0.15, 0.2) is 42.5 Å². The molecule has 0 heterocycles. The van der Waals surface area contributed by atoms with Crippen LogP contribution in [-0.2, 0) is 0 Å². The fourth-order valence-corrected chi connectivity index (χ4v) is 2.19. The maximum absolute atomic E-state index is 12.4. The number of hydrogen-bond donors (Lipinski definition) is 2. The lowest BCUT2D eigenvalue weighted by molar-refractivity contribution is 0.0942. The standard InChI is InChI=1S/C19H22N2O4/c1-12(2)20-18(22)13-5-7-15(8-6-13)21-19(23)14-9-16(24-3)11-17(10-14)25-4/h5-12H,1-4H3,(H,20,22)(H,21,23). The van der Waals surface area contributed by atoms with Crippen molar-refractivity contribution in [1.82, 2.24) is 5.32 Å². The van der Waals surface area contributed by atoms with Crippen LogP contribution in [0.1, 0.15) is 34.6 Å². The van der Waals surface area contributed by atoms with Gasteiger partial charge in [-0.05, 0) is 50.2 Å². The molecule has 0 fully saturated rings. The Morgan fingerprint density at radius 3 is 1.88 bits per heavy atom. The molecule has 0 unspecified atom stereocenters. The quantitative estimate of drug-likeness (QED) is 0.846. The highest BCUT2D eigenvalue weighted by molar-refractivity contribution is 6.05. The Balaban J connectivity index is 2.11. The summed E-state index contributed by atoms with van der Waals surface area (Å²) >= 11 is 0. The third-order valence-corrected chi connectivity index (χ3v) is 3.44. The number of benzene rings is 2. The molecule has 2 rings (SSSR count). The van der Waals surface area contributed by atoms with E-state index in [2.05, 4.69) is 10.6 Å². The van der Waals surface area contributed by atoms with Crippen LogP contribution in [0.2, 0.25) is 0 Å². The molecule has 0 saturated heterocycles. The van der Waals surface area contributed by atoms with E-state index in [1.54, 1.807) is 42.5 Å². The van der Waals surface area contributed by atoms with Gasteiger partial charge < -0.3 is 20.1 Å². The predicted molar refractivity (Wildman–Crippen MR) is 96.5 cm³/mol. The zero-order valence-electron chi connectivity index (χ0n) is 14.8. The smallest absolute Gasteiger partial charge is 0.255 e. The number of hydrogen-bond acceptors (Lipinski definition) is 4. The summed E-state index contributed by atoms with van der Waals surface area (Å²) < 4.78 is 10.3. The zero-order valence-corrected chi connectivity index (χ0v) is 14.8. The van der Waals surface area contributed by atoms with Gasteiger partial charge in [-0.3, -0.25) is 9.59 Å². The number of carbonyl (C=O) groups is 2. The summed E-state index contributed by atoms with van der Waals surface area (Å²) in [5, 5.41) is 5.60. The van der Waals surface area contributed by atoms with Crippen LogP contribution in [0.25, 0.3) is 0 Å². The summed E-state index contributed by atoms with van der Waals surface area (Å²) in [5.74, 6) is 0.623. The fraction of sp³-hybridized carbons (Fsp3) is 0.263. The molecule has 0 bridgehead atoms. The molecule has 6 nitrogen and oxygen atoms in total. The molecular weight excluding hydrogens is 320 g/mol. The highest BCUT2D eigenvalue weighted by atomic mass is 16.5. The van der Waals surface area contributed by atoms with Gasteiger partial charge in [-0.15, -0.1) is 0 Å². The van der Waals surface area contributed by atoms with Crippen molar-refractivity contribution in [3.63, 3.8) is 0 Å². The number of ether oxygens (including phenoxy) is 2. The van der Waals surface area contributed by atoms with E-state index >= 15 is 0 Å². The molecule has 0 aromatic heterocycles. The Labute approximate surface area is 147 Å². The first kappa shape index (κ1) is 18.3. The maximum Gasteiger partial charge on any atom is 0.255 e. The van der Waals surface area contributed by atoms with Gasteiger partial charge in [0.2, 0.25) is 0 Å². The number of rotatable bonds is 6. The Hall–Kier alpha value is -3.02. The largest absolute Gasteiger partial charge is 0.497 e. The highest BCUT2D eigenvalue weighted by Crippen LogP contribution is 2.23. The molecule has 6 heteroatoms. The van der Waals surface area contributed by atoms with Crippen LogP contribution in [0.5, 0.6) is 11.5 Å². The first-order valence-corrected chi connectivity index (χ1v) is 7.88. The molecule has 2 N–H and O–H groups in total. The van der Waals surface area contributed by atoms with Crippen LogP contribution in [-0.4, -0.2) is 32.1 Å². The SMILES string of the molecule is COc1cc(OC)cc(C(=O)Nc2ccc(C(=O)NC(C)C)cc2)c1. The van der Waals surface area contributed by atoms with Crippen molar-refractivity contribution in [2.75, 3.05) is 19.5 Å². The number of carbonyl (C=O) groups excluding carboxylic acids is 2. The second-order valence-corrected chi connectivity index (χ2v) is 5.76. The molecule has 0 aliphatic heterocycles. The minimum Gasteiger partial charge on any atom is -0.497 e. The van der Waals surface area contributed by atoms with Crippen molar-refractivity contribution in [3.8, 4) is 11.5 Å². The summed E-state index contributed by atoms with van der Waals surface area (Å²) in [6.45, 7) is 3.80. The van der Waals surface area contributed by atoms with E-state index in [-0.39, 0.29) is 17.9 Å². The lowest BCUT2D eigenvalue weighted by Gasteiger charge is -2.11. The van der Waals surface area contributed by atoms with Gasteiger partial charge in [-0.25, -0.2) is 0 Å². The Morgan fingerprint density at radius 2 is 1.40 bits per heavy atom. The number of amides is 2. The molecule has 0 spiro atoms. The average Bonchev–Trinajstić information content (AvgIpc) is 2.61. The van der Waals surface area contributed by atoms with Crippen molar-refractivity contribution in [1.29, 1.82) is 0 Å². The Kier molecular flexibility index (Phi) is 6.00. The van der Waals surface area contributed by atoms with Crippen molar-refractivity contribution >= 4 is 17.5 Å². The third-order valence-electron chi connectivity index (χ3n) is 3.44. The third kappa shape index (κ3) is 4.97. The number of nitrogens with one attached hydrogen (secondary N) is 2. The van der Waals surface area contributed by atoms with Crippen molar-refractivity contribution in [3.05, 3.63) is 53.6 Å².